The Morgan fingerprint density at radius 3 is 2.58 bits per heavy atom. The highest BCUT2D eigenvalue weighted by Gasteiger charge is 2.16. The highest BCUT2D eigenvalue weighted by Crippen LogP contribution is 2.22. The van der Waals surface area contributed by atoms with Gasteiger partial charge in [0.05, 0.1) is 14.5 Å². The number of alkyl halides is 1. The monoisotopic (exact) mass is 266 g/mol. The molecular formula is C7H4BrClO2S. The van der Waals surface area contributed by atoms with Gasteiger partial charge in [0.1, 0.15) is 0 Å². The van der Waals surface area contributed by atoms with E-state index in [0.29, 0.717) is 4.88 Å². The smallest absolute Gasteiger partial charge is 0.239 e. The molecule has 0 saturated heterocycles. The maximum atomic E-state index is 11.1. The van der Waals surface area contributed by atoms with Crippen LogP contribution in [0.5, 0.6) is 0 Å². The predicted octanol–water partition coefficient (Wildman–Crippen LogP) is 2.50. The minimum absolute atomic E-state index is 0.256. The molecular weight excluding hydrogens is 263 g/mol. The summed E-state index contributed by atoms with van der Waals surface area (Å²) in [6.07, 6.45) is 0. The van der Waals surface area contributed by atoms with Crippen LogP contribution in [0.1, 0.15) is 9.67 Å². The van der Waals surface area contributed by atoms with Gasteiger partial charge in [0.2, 0.25) is 11.6 Å². The van der Waals surface area contributed by atoms with Crippen molar-refractivity contribution in [3.05, 3.63) is 20.8 Å². The maximum Gasteiger partial charge on any atom is 0.239 e. The van der Waals surface area contributed by atoms with Gasteiger partial charge in [-0.15, -0.1) is 22.9 Å². The predicted molar refractivity (Wildman–Crippen MR) is 52.1 cm³/mol. The molecule has 64 valence electrons. The van der Waals surface area contributed by atoms with Crippen LogP contribution >= 0.6 is 38.9 Å². The van der Waals surface area contributed by atoms with Crippen molar-refractivity contribution in [2.75, 3.05) is 5.88 Å². The molecule has 0 aliphatic rings. The van der Waals surface area contributed by atoms with Crippen LogP contribution in [0, 0.1) is 0 Å². The molecule has 0 aliphatic heterocycles. The van der Waals surface area contributed by atoms with Crippen LogP contribution in [-0.2, 0) is 4.79 Å². The number of hydrogen-bond acceptors (Lipinski definition) is 3. The van der Waals surface area contributed by atoms with E-state index in [1.54, 1.807) is 12.1 Å². The van der Waals surface area contributed by atoms with Crippen molar-refractivity contribution in [2.24, 2.45) is 0 Å². The molecule has 5 heteroatoms. The Bertz CT molecular complexity index is 321. The van der Waals surface area contributed by atoms with Crippen molar-refractivity contribution in [1.29, 1.82) is 0 Å². The third kappa shape index (κ3) is 2.15. The second-order valence-electron chi connectivity index (χ2n) is 1.99. The fourth-order valence-corrected chi connectivity index (χ4v) is 2.10. The lowest BCUT2D eigenvalue weighted by molar-refractivity contribution is -0.112. The number of rotatable bonds is 3. The van der Waals surface area contributed by atoms with Crippen LogP contribution in [0.4, 0.5) is 0 Å². The van der Waals surface area contributed by atoms with Gasteiger partial charge in [-0.3, -0.25) is 9.59 Å². The van der Waals surface area contributed by atoms with Crippen molar-refractivity contribution >= 4 is 50.4 Å². The van der Waals surface area contributed by atoms with Gasteiger partial charge in [-0.2, -0.15) is 0 Å². The summed E-state index contributed by atoms with van der Waals surface area (Å²) in [5, 5.41) is 0. The van der Waals surface area contributed by atoms with E-state index in [9.17, 15) is 9.59 Å². The van der Waals surface area contributed by atoms with Crippen LogP contribution in [-0.4, -0.2) is 17.4 Å². The Morgan fingerprint density at radius 2 is 2.17 bits per heavy atom. The molecule has 2 nitrogen and oxygen atoms in total. The molecule has 1 aromatic heterocycles. The second kappa shape index (κ2) is 4.16. The highest BCUT2D eigenvalue weighted by atomic mass is 79.9. The van der Waals surface area contributed by atoms with E-state index in [4.69, 9.17) is 11.6 Å². The average molecular weight is 268 g/mol. The second-order valence-corrected chi connectivity index (χ2v) is 4.72. The van der Waals surface area contributed by atoms with Gasteiger partial charge in [-0.1, -0.05) is 0 Å². The van der Waals surface area contributed by atoms with Gasteiger partial charge in [0, 0.05) is 0 Å². The zero-order valence-corrected chi connectivity index (χ0v) is 9.00. The minimum atomic E-state index is -0.564. The van der Waals surface area contributed by atoms with Crippen molar-refractivity contribution in [3.8, 4) is 0 Å². The Balaban J connectivity index is 2.85. The molecule has 1 aromatic rings. The van der Waals surface area contributed by atoms with Crippen LogP contribution in [0.3, 0.4) is 0 Å². The largest absolute Gasteiger partial charge is 0.289 e. The van der Waals surface area contributed by atoms with E-state index in [1.807, 2.05) is 0 Å². The standard InChI is InChI=1S/C7H4BrClO2S/c8-6-2-1-5(12-6)7(11)4(10)3-9/h1-2H,3H2. The first-order chi connectivity index (χ1) is 5.65. The van der Waals surface area contributed by atoms with Gasteiger partial charge < -0.3 is 0 Å². The quantitative estimate of drug-likeness (QED) is 0.479. The maximum absolute atomic E-state index is 11.1. The van der Waals surface area contributed by atoms with Crippen LogP contribution in [0.25, 0.3) is 0 Å². The molecule has 0 unspecified atom stereocenters. The van der Waals surface area contributed by atoms with E-state index >= 15 is 0 Å². The fraction of sp³-hybridized carbons (Fsp3) is 0.143. The highest BCUT2D eigenvalue weighted by molar-refractivity contribution is 9.11. The summed E-state index contributed by atoms with van der Waals surface area (Å²) in [6.45, 7) is 0. The van der Waals surface area contributed by atoms with Gasteiger partial charge in [-0.25, -0.2) is 0 Å². The average Bonchev–Trinajstić information content (AvgIpc) is 2.49. The summed E-state index contributed by atoms with van der Waals surface area (Å²) in [4.78, 5) is 22.4. The van der Waals surface area contributed by atoms with Gasteiger partial charge in [0.25, 0.3) is 0 Å². The Morgan fingerprint density at radius 1 is 1.50 bits per heavy atom. The number of carbonyl (C=O) groups excluding carboxylic acids is 2. The number of halogens is 2. The first-order valence-corrected chi connectivity index (χ1v) is 5.18. The number of Topliss-reactive ketones (excluding diaryl/α,β-unsaturated/α-hetero) is 2. The third-order valence-corrected chi connectivity index (χ3v) is 3.04. The van der Waals surface area contributed by atoms with E-state index in [-0.39, 0.29) is 5.88 Å². The summed E-state index contributed by atoms with van der Waals surface area (Å²) in [6, 6.07) is 3.32. The number of hydrogen-bond donors (Lipinski definition) is 0. The van der Waals surface area contributed by atoms with Gasteiger partial charge >= 0.3 is 0 Å². The molecule has 0 atom stereocenters. The number of thiophene rings is 1. The summed E-state index contributed by atoms with van der Waals surface area (Å²) >= 11 is 9.65. The molecule has 12 heavy (non-hydrogen) atoms. The molecule has 0 amide bonds. The zero-order valence-electron chi connectivity index (χ0n) is 5.84. The molecule has 0 aliphatic carbocycles. The molecule has 0 N–H and O–H groups in total. The molecule has 0 radical (unpaired) electrons. The van der Waals surface area contributed by atoms with Crippen LogP contribution in [0.15, 0.2) is 15.9 Å². The Hall–Kier alpha value is -0.190. The molecule has 0 spiro atoms. The first-order valence-electron chi connectivity index (χ1n) is 3.04. The van der Waals surface area contributed by atoms with E-state index in [2.05, 4.69) is 15.9 Å². The van der Waals surface area contributed by atoms with Crippen LogP contribution in [0.2, 0.25) is 0 Å². The molecule has 1 rings (SSSR count). The van der Waals surface area contributed by atoms with Gasteiger partial charge in [-0.05, 0) is 28.1 Å². The summed E-state index contributed by atoms with van der Waals surface area (Å²) in [5.41, 5.74) is 0. The minimum Gasteiger partial charge on any atom is -0.289 e. The number of ketones is 2. The van der Waals surface area contributed by atoms with E-state index in [0.717, 1.165) is 3.79 Å². The molecule has 1 heterocycles. The molecule has 0 aromatic carbocycles. The normalized spacial score (nSPS) is 9.83. The Kier molecular flexibility index (Phi) is 3.43. The topological polar surface area (TPSA) is 34.1 Å². The lowest BCUT2D eigenvalue weighted by Crippen LogP contribution is -2.13. The molecule has 0 saturated carbocycles. The zero-order chi connectivity index (χ0) is 9.14. The van der Waals surface area contributed by atoms with E-state index < -0.39 is 11.6 Å². The van der Waals surface area contributed by atoms with Crippen molar-refractivity contribution < 1.29 is 9.59 Å². The lowest BCUT2D eigenvalue weighted by atomic mass is 10.2. The summed E-state index contributed by atoms with van der Waals surface area (Å²) in [5.74, 6) is -1.33. The Labute approximate surface area is 86.7 Å². The lowest BCUT2D eigenvalue weighted by Gasteiger charge is -1.89. The summed E-state index contributed by atoms with van der Waals surface area (Å²) in [7, 11) is 0. The van der Waals surface area contributed by atoms with Gasteiger partial charge in [0.15, 0.2) is 0 Å². The van der Waals surface area contributed by atoms with Crippen molar-refractivity contribution in [3.63, 3.8) is 0 Å². The fourth-order valence-electron chi connectivity index (χ4n) is 0.634. The molecule has 0 bridgehead atoms. The van der Waals surface area contributed by atoms with E-state index in [1.165, 1.54) is 11.3 Å². The van der Waals surface area contributed by atoms with Crippen molar-refractivity contribution in [1.82, 2.24) is 0 Å². The number of carbonyl (C=O) groups is 2. The van der Waals surface area contributed by atoms with Crippen LogP contribution < -0.4 is 0 Å². The summed E-state index contributed by atoms with van der Waals surface area (Å²) < 4.78 is 0.827. The molecule has 0 fully saturated rings. The third-order valence-electron chi connectivity index (χ3n) is 1.17. The SMILES string of the molecule is O=C(CCl)C(=O)c1ccc(Br)s1. The first kappa shape index (κ1) is 9.89. The van der Waals surface area contributed by atoms with Crippen molar-refractivity contribution in [2.45, 2.75) is 0 Å².